The van der Waals surface area contributed by atoms with Crippen LogP contribution in [0.4, 0.5) is 10.2 Å². The summed E-state index contributed by atoms with van der Waals surface area (Å²) < 4.78 is 18.0. The van der Waals surface area contributed by atoms with Crippen LogP contribution in [0.1, 0.15) is 0 Å². The van der Waals surface area contributed by atoms with Crippen LogP contribution in [0.15, 0.2) is 18.3 Å². The van der Waals surface area contributed by atoms with Crippen LogP contribution in [0.3, 0.4) is 0 Å². The van der Waals surface area contributed by atoms with E-state index in [1.807, 2.05) is 4.90 Å². The van der Waals surface area contributed by atoms with E-state index in [4.69, 9.17) is 15.9 Å². The van der Waals surface area contributed by atoms with E-state index in [1.165, 1.54) is 12.3 Å². The van der Waals surface area contributed by atoms with Gasteiger partial charge in [-0.3, -0.25) is 5.41 Å². The van der Waals surface area contributed by atoms with Crippen molar-refractivity contribution in [3.8, 4) is 0 Å². The number of hydrogen-bond donors (Lipinski definition) is 2. The molecular formula is C10H13FN4O. The quantitative estimate of drug-likeness (QED) is 0.562. The molecule has 86 valence electrons. The Kier molecular flexibility index (Phi) is 3.00. The van der Waals surface area contributed by atoms with Crippen molar-refractivity contribution in [2.75, 3.05) is 24.6 Å². The summed E-state index contributed by atoms with van der Waals surface area (Å²) in [4.78, 5) is 5.91. The Hall–Kier alpha value is -1.69. The number of anilines is 1. The zero-order valence-corrected chi connectivity index (χ0v) is 8.69. The monoisotopic (exact) mass is 224 g/mol. The number of ether oxygens (including phenoxy) is 1. The molecule has 3 N–H and O–H groups in total. The maximum atomic E-state index is 12.7. The van der Waals surface area contributed by atoms with Crippen LogP contribution in [0, 0.1) is 11.2 Å². The summed E-state index contributed by atoms with van der Waals surface area (Å²) in [6, 6.07) is 2.97. The molecule has 0 amide bonds. The molecule has 0 spiro atoms. The van der Waals surface area contributed by atoms with Crippen LogP contribution in [-0.2, 0) is 4.74 Å². The molecule has 2 rings (SSSR count). The molecule has 5 nitrogen and oxygen atoms in total. The molecule has 1 saturated heterocycles. The van der Waals surface area contributed by atoms with E-state index in [2.05, 4.69) is 4.98 Å². The van der Waals surface area contributed by atoms with Crippen molar-refractivity contribution in [2.45, 2.75) is 6.10 Å². The van der Waals surface area contributed by atoms with Crippen molar-refractivity contribution in [3.63, 3.8) is 0 Å². The molecule has 0 aliphatic carbocycles. The van der Waals surface area contributed by atoms with Gasteiger partial charge in [0.15, 0.2) is 0 Å². The highest BCUT2D eigenvalue weighted by molar-refractivity contribution is 5.82. The highest BCUT2D eigenvalue weighted by atomic mass is 19.1. The van der Waals surface area contributed by atoms with Crippen molar-refractivity contribution in [2.24, 2.45) is 5.73 Å². The first-order chi connectivity index (χ1) is 7.66. The van der Waals surface area contributed by atoms with Gasteiger partial charge >= 0.3 is 0 Å². The summed E-state index contributed by atoms with van der Waals surface area (Å²) in [5, 5.41) is 7.32. The Morgan fingerprint density at radius 2 is 2.44 bits per heavy atom. The average molecular weight is 224 g/mol. The second kappa shape index (κ2) is 4.44. The summed E-state index contributed by atoms with van der Waals surface area (Å²) in [6.45, 7) is 1.64. The van der Waals surface area contributed by atoms with Crippen LogP contribution in [0.5, 0.6) is 0 Å². The lowest BCUT2D eigenvalue weighted by molar-refractivity contribution is 0.0823. The van der Waals surface area contributed by atoms with Gasteiger partial charge in [-0.25, -0.2) is 9.37 Å². The molecule has 1 aromatic rings. The fraction of sp³-hybridized carbons (Fsp3) is 0.400. The molecule has 1 fully saturated rings. The van der Waals surface area contributed by atoms with Crippen molar-refractivity contribution in [1.29, 1.82) is 5.41 Å². The Balaban J connectivity index is 2.09. The topological polar surface area (TPSA) is 75.2 Å². The SMILES string of the molecule is N=C(N)C1CN(c2ccc(F)cn2)CCO1. The number of aromatic nitrogens is 1. The van der Waals surface area contributed by atoms with E-state index in [1.54, 1.807) is 6.07 Å². The largest absolute Gasteiger partial charge is 0.385 e. The third-order valence-corrected chi connectivity index (χ3v) is 2.45. The molecule has 6 heteroatoms. The molecule has 1 unspecified atom stereocenters. The van der Waals surface area contributed by atoms with Crippen LogP contribution < -0.4 is 10.6 Å². The molecule has 1 aromatic heterocycles. The van der Waals surface area contributed by atoms with E-state index < -0.39 is 6.10 Å². The number of amidine groups is 1. The maximum Gasteiger partial charge on any atom is 0.141 e. The lowest BCUT2D eigenvalue weighted by atomic mass is 10.2. The predicted molar refractivity (Wildman–Crippen MR) is 58.1 cm³/mol. The van der Waals surface area contributed by atoms with Crippen LogP contribution >= 0.6 is 0 Å². The summed E-state index contributed by atoms with van der Waals surface area (Å²) in [7, 11) is 0. The summed E-state index contributed by atoms with van der Waals surface area (Å²) in [5.41, 5.74) is 5.38. The van der Waals surface area contributed by atoms with Gasteiger partial charge < -0.3 is 15.4 Å². The average Bonchev–Trinajstić information content (AvgIpc) is 2.30. The molecular weight excluding hydrogens is 211 g/mol. The van der Waals surface area contributed by atoms with Gasteiger partial charge in [0.25, 0.3) is 0 Å². The molecule has 2 heterocycles. The molecule has 1 atom stereocenters. The number of nitrogens with one attached hydrogen (secondary N) is 1. The van der Waals surface area contributed by atoms with Gasteiger partial charge in [0.05, 0.1) is 19.3 Å². The van der Waals surface area contributed by atoms with Gasteiger partial charge in [-0.15, -0.1) is 0 Å². The highest BCUT2D eigenvalue weighted by Gasteiger charge is 2.23. The van der Waals surface area contributed by atoms with Gasteiger partial charge in [-0.1, -0.05) is 0 Å². The van der Waals surface area contributed by atoms with Gasteiger partial charge in [0, 0.05) is 6.54 Å². The summed E-state index contributed by atoms with van der Waals surface area (Å²) >= 11 is 0. The summed E-state index contributed by atoms with van der Waals surface area (Å²) in [5.74, 6) is 0.322. The van der Waals surface area contributed by atoms with Crippen molar-refractivity contribution in [1.82, 2.24) is 4.98 Å². The number of pyridine rings is 1. The van der Waals surface area contributed by atoms with Gasteiger partial charge in [0.2, 0.25) is 0 Å². The van der Waals surface area contributed by atoms with Gasteiger partial charge in [0.1, 0.15) is 23.6 Å². The highest BCUT2D eigenvalue weighted by Crippen LogP contribution is 2.14. The second-order valence-corrected chi connectivity index (χ2v) is 3.60. The number of morpholine rings is 1. The minimum Gasteiger partial charge on any atom is -0.385 e. The van der Waals surface area contributed by atoms with Crippen LogP contribution in [0.25, 0.3) is 0 Å². The molecule has 16 heavy (non-hydrogen) atoms. The van der Waals surface area contributed by atoms with E-state index >= 15 is 0 Å². The Bertz CT molecular complexity index is 381. The zero-order chi connectivity index (χ0) is 11.5. The number of hydrogen-bond acceptors (Lipinski definition) is 4. The van der Waals surface area contributed by atoms with E-state index in [9.17, 15) is 4.39 Å². The van der Waals surface area contributed by atoms with Crippen molar-refractivity contribution >= 4 is 11.7 Å². The number of nitrogens with two attached hydrogens (primary N) is 1. The first-order valence-corrected chi connectivity index (χ1v) is 4.99. The summed E-state index contributed by atoms with van der Waals surface area (Å²) in [6.07, 6.45) is 0.772. The molecule has 1 aliphatic rings. The molecule has 0 radical (unpaired) electrons. The fourth-order valence-electron chi connectivity index (χ4n) is 1.60. The van der Waals surface area contributed by atoms with E-state index in [0.29, 0.717) is 25.5 Å². The van der Waals surface area contributed by atoms with E-state index in [-0.39, 0.29) is 11.7 Å². The zero-order valence-electron chi connectivity index (χ0n) is 8.69. The predicted octanol–water partition coefficient (Wildman–Crippen LogP) is 0.362. The Labute approximate surface area is 92.5 Å². The fourth-order valence-corrected chi connectivity index (χ4v) is 1.60. The van der Waals surface area contributed by atoms with E-state index in [0.717, 1.165) is 0 Å². The molecule has 0 aromatic carbocycles. The number of halogens is 1. The standard InChI is InChI=1S/C10H13FN4O/c11-7-1-2-9(14-5-7)15-3-4-16-8(6-15)10(12)13/h1-2,5,8H,3-4,6H2,(H3,12,13). The third-order valence-electron chi connectivity index (χ3n) is 2.45. The molecule has 1 aliphatic heterocycles. The van der Waals surface area contributed by atoms with Gasteiger partial charge in [-0.2, -0.15) is 0 Å². The van der Waals surface area contributed by atoms with Crippen LogP contribution in [0.2, 0.25) is 0 Å². The smallest absolute Gasteiger partial charge is 0.141 e. The first kappa shape index (κ1) is 10.8. The lowest BCUT2D eigenvalue weighted by Gasteiger charge is -2.32. The minimum absolute atomic E-state index is 0.00631. The van der Waals surface area contributed by atoms with Gasteiger partial charge in [-0.05, 0) is 12.1 Å². The second-order valence-electron chi connectivity index (χ2n) is 3.60. The third kappa shape index (κ3) is 2.27. The van der Waals surface area contributed by atoms with Crippen LogP contribution in [-0.4, -0.2) is 36.6 Å². The molecule has 0 saturated carbocycles. The maximum absolute atomic E-state index is 12.7. The minimum atomic E-state index is -0.402. The Morgan fingerprint density at radius 3 is 3.06 bits per heavy atom. The normalized spacial score (nSPS) is 20.8. The molecule has 0 bridgehead atoms. The van der Waals surface area contributed by atoms with Crippen molar-refractivity contribution < 1.29 is 9.13 Å². The lowest BCUT2D eigenvalue weighted by Crippen LogP contribution is -2.48. The first-order valence-electron chi connectivity index (χ1n) is 4.99. The van der Waals surface area contributed by atoms with Crippen molar-refractivity contribution in [3.05, 3.63) is 24.1 Å². The number of rotatable bonds is 2. The number of nitrogens with zero attached hydrogens (tertiary/aromatic N) is 2. The Morgan fingerprint density at radius 1 is 1.62 bits per heavy atom.